The second-order valence-corrected chi connectivity index (χ2v) is 19.1. The van der Waals surface area contributed by atoms with Crippen LogP contribution in [0, 0.1) is 35.5 Å². The van der Waals surface area contributed by atoms with E-state index in [0.29, 0.717) is 37.3 Å². The van der Waals surface area contributed by atoms with Crippen LogP contribution in [0.25, 0.3) is 17.0 Å². The predicted octanol–water partition coefficient (Wildman–Crippen LogP) is 6.73. The summed E-state index contributed by atoms with van der Waals surface area (Å²) >= 11 is 0. The van der Waals surface area contributed by atoms with Crippen molar-refractivity contribution in [1.82, 2.24) is 19.9 Å². The number of methoxy groups -OCH3 is 3. The number of fused-ring (bicyclic) bond motifs is 5. The number of Topliss-reactive ketones (excluding diaryl/α,β-unsaturated/α-hetero) is 1. The number of carbonyl (C=O) groups excluding carboxylic acids is 2. The maximum absolute atomic E-state index is 15.1. The number of likely N-dealkylation sites (N-methyl/N-ethyl adjacent to an activating group) is 1. The van der Waals surface area contributed by atoms with Crippen molar-refractivity contribution in [3.05, 3.63) is 54.3 Å². The van der Waals surface area contributed by atoms with Crippen LogP contribution in [0.15, 0.2) is 54.3 Å². The fourth-order valence-corrected chi connectivity index (χ4v) is 11.9. The van der Waals surface area contributed by atoms with Crippen molar-refractivity contribution in [2.75, 3.05) is 35.4 Å². The quantitative estimate of drug-likeness (QED) is 0.221. The summed E-state index contributed by atoms with van der Waals surface area (Å²) in [7, 11) is 9.13. The van der Waals surface area contributed by atoms with E-state index in [1.54, 1.807) is 21.3 Å². The van der Waals surface area contributed by atoms with E-state index in [-0.39, 0.29) is 84.4 Å². The average Bonchev–Trinajstić information content (AvgIpc) is 4.02. The number of benzene rings is 1. The van der Waals surface area contributed by atoms with Crippen molar-refractivity contribution in [2.24, 2.45) is 35.5 Å². The molecular formula is C49H70N4O10. The van der Waals surface area contributed by atoms with E-state index in [1.165, 1.54) is 0 Å². The molecule has 63 heavy (non-hydrogen) atoms. The molecule has 346 valence electrons. The fourth-order valence-electron chi connectivity index (χ4n) is 11.9. The zero-order valence-corrected chi connectivity index (χ0v) is 38.7. The van der Waals surface area contributed by atoms with Crippen LogP contribution in [-0.2, 0) is 47.5 Å². The van der Waals surface area contributed by atoms with Crippen molar-refractivity contribution in [3.8, 4) is 11.3 Å². The van der Waals surface area contributed by atoms with Gasteiger partial charge < -0.3 is 42.8 Å². The Balaban J connectivity index is 1.13. The lowest BCUT2D eigenvalue weighted by Crippen LogP contribution is -2.59. The number of hydrogen-bond donors (Lipinski definition) is 0. The van der Waals surface area contributed by atoms with E-state index in [2.05, 4.69) is 50.1 Å². The number of hydrogen-bond acceptors (Lipinski definition) is 13. The van der Waals surface area contributed by atoms with Gasteiger partial charge in [0.1, 0.15) is 30.1 Å². The molecule has 17 atom stereocenters. The first kappa shape index (κ1) is 46.2. The van der Waals surface area contributed by atoms with Crippen molar-refractivity contribution in [3.63, 3.8) is 0 Å². The summed E-state index contributed by atoms with van der Waals surface area (Å²) in [6, 6.07) is 10.3. The topological polar surface area (TPSA) is 142 Å². The molecule has 0 amide bonds. The monoisotopic (exact) mass is 875 g/mol. The van der Waals surface area contributed by atoms with Crippen LogP contribution in [-0.4, -0.2) is 135 Å². The Kier molecular flexibility index (Phi) is 14.7. The molecule has 3 saturated heterocycles. The number of aromatic nitrogens is 3. The lowest BCUT2D eigenvalue weighted by Gasteiger charge is -2.44. The van der Waals surface area contributed by atoms with Gasteiger partial charge in [-0.15, -0.1) is 5.10 Å². The molecule has 8 unspecified atom stereocenters. The third kappa shape index (κ3) is 9.52. The number of esters is 1. The number of carbonyl (C=O) groups is 2. The molecule has 3 aliphatic carbocycles. The van der Waals surface area contributed by atoms with E-state index < -0.39 is 30.7 Å². The Bertz CT molecular complexity index is 1940. The molecule has 0 bridgehead atoms. The van der Waals surface area contributed by atoms with Gasteiger partial charge in [0.05, 0.1) is 37.0 Å². The van der Waals surface area contributed by atoms with Crippen LogP contribution < -0.4 is 0 Å². The normalized spacial score (nSPS) is 39.9. The Morgan fingerprint density at radius 1 is 0.825 bits per heavy atom. The average molecular weight is 875 g/mol. The Morgan fingerprint density at radius 2 is 1.59 bits per heavy atom. The van der Waals surface area contributed by atoms with E-state index >= 15 is 4.79 Å². The minimum Gasteiger partial charge on any atom is -0.462 e. The van der Waals surface area contributed by atoms with Gasteiger partial charge in [-0.1, -0.05) is 61.5 Å². The highest BCUT2D eigenvalue weighted by Crippen LogP contribution is 2.57. The molecule has 14 heteroatoms. The Labute approximate surface area is 373 Å². The summed E-state index contributed by atoms with van der Waals surface area (Å²) in [5.74, 6) is -1.15. The molecule has 4 fully saturated rings. The molecule has 4 heterocycles. The van der Waals surface area contributed by atoms with Gasteiger partial charge in [0.2, 0.25) is 0 Å². The second kappa shape index (κ2) is 20.0. The molecule has 14 nitrogen and oxygen atoms in total. The predicted molar refractivity (Wildman–Crippen MR) is 235 cm³/mol. The van der Waals surface area contributed by atoms with Crippen LogP contribution in [0.2, 0.25) is 0 Å². The molecule has 1 aromatic heterocycles. The van der Waals surface area contributed by atoms with Crippen LogP contribution in [0.4, 0.5) is 0 Å². The largest absolute Gasteiger partial charge is 0.462 e. The smallest absolute Gasteiger partial charge is 0.306 e. The first-order valence-electron chi connectivity index (χ1n) is 23.4. The summed E-state index contributed by atoms with van der Waals surface area (Å²) in [6.45, 7) is 8.14. The zero-order valence-electron chi connectivity index (χ0n) is 38.7. The van der Waals surface area contributed by atoms with Gasteiger partial charge in [-0.25, -0.2) is 4.68 Å². The standard InChI is InChI=1S/C49H70N4O10/c1-10-31-17-14-18-42(63-44-20-19-40(52(5)6)28(3)59-44)27(2)45(55)38-23-34-33-21-32(62-49-48(58-9)47(57-8)46(56-7)29(4)60-49)22-37(33)41(24-35(34)36(38)25-43(54)61-31)53-26-39(50-51-53)30-15-12-11-13-16-30/h11-13,15-16,23-24,26-29,31-37,40,42,44,46-49H,10,14,17-22,25H2,1-9H3/t27-,28?,29?,31+,32+,33+,34+,35?,36?,37-,40+,42+,44+,46?,47?,48?,49?/m1/s1. The third-order valence-electron chi connectivity index (χ3n) is 15.2. The van der Waals surface area contributed by atoms with Gasteiger partial charge in [0.15, 0.2) is 18.4 Å². The van der Waals surface area contributed by atoms with Gasteiger partial charge in [-0.2, -0.15) is 0 Å². The van der Waals surface area contributed by atoms with Crippen molar-refractivity contribution in [2.45, 2.75) is 153 Å². The number of cyclic esters (lactones) is 1. The number of allylic oxidation sites excluding steroid dienone is 4. The summed E-state index contributed by atoms with van der Waals surface area (Å²) in [5, 5.41) is 9.34. The molecule has 1 saturated carbocycles. The summed E-state index contributed by atoms with van der Waals surface area (Å²) in [5.41, 5.74) is 3.43. The molecule has 6 aliphatic rings. The van der Waals surface area contributed by atoms with E-state index in [1.807, 2.05) is 55.1 Å². The molecule has 0 spiro atoms. The highest BCUT2D eigenvalue weighted by molar-refractivity contribution is 5.99. The molecule has 3 aliphatic heterocycles. The molecular weight excluding hydrogens is 805 g/mol. The SMILES string of the molecule is CC[C@H]1CCC[C@H](O[C@H]2CC[C@H](N(C)C)C(C)O2)[C@@H](C)C(=O)C2=C[C@@H]3C(C=C(n4cc(-c5ccccc5)nn4)[C@@H]4C[C@@H](OC5OC(C)C(OC)C(OC)C5OC)C[C@@H]34)C2CC(=O)O1. The van der Waals surface area contributed by atoms with Gasteiger partial charge >= 0.3 is 5.97 Å². The zero-order chi connectivity index (χ0) is 44.5. The fraction of sp³-hybridized carbons (Fsp3) is 0.714. The van der Waals surface area contributed by atoms with Gasteiger partial charge in [-0.3, -0.25) is 9.59 Å². The second-order valence-electron chi connectivity index (χ2n) is 19.1. The number of rotatable bonds is 11. The van der Waals surface area contributed by atoms with E-state index in [4.69, 9.17) is 43.1 Å². The molecule has 8 rings (SSSR count). The molecule has 1 aromatic carbocycles. The Hall–Kier alpha value is -3.34. The summed E-state index contributed by atoms with van der Waals surface area (Å²) < 4.78 is 52.4. The van der Waals surface area contributed by atoms with Crippen molar-refractivity contribution in [1.29, 1.82) is 0 Å². The van der Waals surface area contributed by atoms with Gasteiger partial charge in [0, 0.05) is 56.4 Å². The number of ether oxygens (including phenoxy) is 8. The van der Waals surface area contributed by atoms with Crippen molar-refractivity contribution >= 4 is 17.4 Å². The van der Waals surface area contributed by atoms with Crippen LogP contribution in [0.3, 0.4) is 0 Å². The third-order valence-corrected chi connectivity index (χ3v) is 15.2. The van der Waals surface area contributed by atoms with Crippen LogP contribution >= 0.6 is 0 Å². The summed E-state index contributed by atoms with van der Waals surface area (Å²) in [6.07, 6.45) is 9.20. The highest BCUT2D eigenvalue weighted by atomic mass is 16.7. The van der Waals surface area contributed by atoms with Crippen molar-refractivity contribution < 1.29 is 47.5 Å². The minimum absolute atomic E-state index is 0.00368. The van der Waals surface area contributed by atoms with Crippen LogP contribution in [0.5, 0.6) is 0 Å². The number of ketones is 1. The van der Waals surface area contributed by atoms with Gasteiger partial charge in [0.25, 0.3) is 0 Å². The van der Waals surface area contributed by atoms with Crippen LogP contribution in [0.1, 0.15) is 85.5 Å². The Morgan fingerprint density at radius 3 is 2.29 bits per heavy atom. The molecule has 0 radical (unpaired) electrons. The maximum atomic E-state index is 15.1. The lowest BCUT2D eigenvalue weighted by molar-refractivity contribution is -0.314. The molecule has 0 N–H and O–H groups in total. The summed E-state index contributed by atoms with van der Waals surface area (Å²) in [4.78, 5) is 31.3. The van der Waals surface area contributed by atoms with E-state index in [9.17, 15) is 4.79 Å². The molecule has 2 aromatic rings. The van der Waals surface area contributed by atoms with E-state index in [0.717, 1.165) is 42.6 Å². The first-order valence-corrected chi connectivity index (χ1v) is 23.4. The maximum Gasteiger partial charge on any atom is 0.306 e. The lowest BCUT2D eigenvalue weighted by atomic mass is 9.69. The van der Waals surface area contributed by atoms with Gasteiger partial charge in [-0.05, 0) is 103 Å². The highest BCUT2D eigenvalue weighted by Gasteiger charge is 2.55. The first-order chi connectivity index (χ1) is 30.4. The number of nitrogens with zero attached hydrogens (tertiary/aromatic N) is 4. The minimum atomic E-state index is -0.687.